The van der Waals surface area contributed by atoms with E-state index in [1.54, 1.807) is 18.2 Å². The number of carbonyl (C=O) groups is 1. The third kappa shape index (κ3) is 4.42. The van der Waals surface area contributed by atoms with Crippen LogP contribution in [0.5, 0.6) is 0 Å². The van der Waals surface area contributed by atoms with E-state index in [-0.39, 0.29) is 23.1 Å². The van der Waals surface area contributed by atoms with E-state index in [4.69, 9.17) is 20.4 Å². The highest BCUT2D eigenvalue weighted by atomic mass is 35.5. The highest BCUT2D eigenvalue weighted by molar-refractivity contribution is 7.99. The van der Waals surface area contributed by atoms with Crippen molar-refractivity contribution in [2.24, 2.45) is 0 Å². The lowest BCUT2D eigenvalue weighted by molar-refractivity contribution is -0.113. The summed E-state index contributed by atoms with van der Waals surface area (Å²) in [6, 6.07) is 26.3. The van der Waals surface area contributed by atoms with Crippen LogP contribution in [0.15, 0.2) is 92.9 Å². The summed E-state index contributed by atoms with van der Waals surface area (Å²) in [4.78, 5) is 17.1. The molecule has 8 heteroatoms. The summed E-state index contributed by atoms with van der Waals surface area (Å²) in [5.41, 5.74) is 3.73. The first-order chi connectivity index (χ1) is 16.6. The molecule has 0 bridgehead atoms. The molecule has 0 unspecified atom stereocenters. The lowest BCUT2D eigenvalue weighted by Gasteiger charge is -2.03. The molecule has 3 aromatic carbocycles. The molecule has 34 heavy (non-hydrogen) atoms. The predicted octanol–water partition coefficient (Wildman–Crippen LogP) is 7.01. The summed E-state index contributed by atoms with van der Waals surface area (Å²) in [6.07, 6.45) is 0. The van der Waals surface area contributed by atoms with E-state index in [0.29, 0.717) is 32.7 Å². The van der Waals surface area contributed by atoms with Gasteiger partial charge in [-0.3, -0.25) is 10.1 Å². The van der Waals surface area contributed by atoms with Crippen molar-refractivity contribution in [2.75, 3.05) is 11.1 Å². The molecule has 0 fully saturated rings. The average Bonchev–Trinajstić information content (AvgIpc) is 3.44. The minimum atomic E-state index is -0.352. The quantitative estimate of drug-likeness (QED) is 0.260. The van der Waals surface area contributed by atoms with Crippen molar-refractivity contribution in [1.29, 1.82) is 5.26 Å². The maximum Gasteiger partial charge on any atom is 0.257 e. The van der Waals surface area contributed by atoms with E-state index in [0.717, 1.165) is 22.9 Å². The Hall–Kier alpha value is -3.99. The fourth-order valence-corrected chi connectivity index (χ4v) is 4.33. The largest absolute Gasteiger partial charge is 0.438 e. The molecule has 0 spiro atoms. The minimum absolute atomic E-state index is 0.0213. The number of nitrogens with zero attached hydrogens (tertiary/aromatic N) is 2. The molecular formula is C26H16ClN3O3S. The van der Waals surface area contributed by atoms with Crippen LogP contribution in [0.4, 0.5) is 5.88 Å². The number of carbonyl (C=O) groups excluding carboxylic acids is 1. The molecule has 0 aliphatic rings. The number of nitriles is 1. The van der Waals surface area contributed by atoms with Crippen LogP contribution < -0.4 is 5.32 Å². The summed E-state index contributed by atoms with van der Waals surface area (Å²) in [6.45, 7) is 0. The maximum atomic E-state index is 12.7. The Labute approximate surface area is 204 Å². The molecule has 166 valence electrons. The smallest absolute Gasteiger partial charge is 0.257 e. The Bertz CT molecular complexity index is 1520. The number of thioether (sulfide) groups is 1. The first kappa shape index (κ1) is 21.8. The van der Waals surface area contributed by atoms with Crippen molar-refractivity contribution in [3.8, 4) is 28.5 Å². The van der Waals surface area contributed by atoms with E-state index in [1.165, 1.54) is 0 Å². The molecule has 0 atom stereocenters. The van der Waals surface area contributed by atoms with Gasteiger partial charge in [-0.05, 0) is 23.8 Å². The molecule has 5 aromatic rings. The third-order valence-electron chi connectivity index (χ3n) is 5.03. The Morgan fingerprint density at radius 1 is 1.00 bits per heavy atom. The summed E-state index contributed by atoms with van der Waals surface area (Å²) in [5, 5.41) is 13.6. The second kappa shape index (κ2) is 9.48. The maximum absolute atomic E-state index is 12.7. The van der Waals surface area contributed by atoms with Gasteiger partial charge in [0.15, 0.2) is 5.58 Å². The fraction of sp³-hybridized carbons (Fsp3) is 0.0385. The van der Waals surface area contributed by atoms with Crippen LogP contribution >= 0.6 is 23.4 Å². The highest BCUT2D eigenvalue weighted by Gasteiger charge is 2.24. The number of oxazole rings is 1. The molecule has 1 amide bonds. The van der Waals surface area contributed by atoms with Gasteiger partial charge in [-0.2, -0.15) is 5.26 Å². The number of anilines is 1. The van der Waals surface area contributed by atoms with Gasteiger partial charge in [-0.25, -0.2) is 4.98 Å². The van der Waals surface area contributed by atoms with Crippen LogP contribution in [0, 0.1) is 11.3 Å². The molecule has 5 rings (SSSR count). The summed E-state index contributed by atoms with van der Waals surface area (Å²) in [5.74, 6) is 0.292. The summed E-state index contributed by atoms with van der Waals surface area (Å²) >= 11 is 7.13. The second-order valence-corrected chi connectivity index (χ2v) is 8.65. The Morgan fingerprint density at radius 2 is 1.71 bits per heavy atom. The summed E-state index contributed by atoms with van der Waals surface area (Å²) < 4.78 is 11.7. The van der Waals surface area contributed by atoms with Gasteiger partial charge in [-0.1, -0.05) is 84.0 Å². The molecule has 0 saturated heterocycles. The molecule has 2 heterocycles. The number of amides is 1. The van der Waals surface area contributed by atoms with E-state index in [2.05, 4.69) is 16.4 Å². The summed E-state index contributed by atoms with van der Waals surface area (Å²) in [7, 11) is 0. The van der Waals surface area contributed by atoms with Crippen LogP contribution in [-0.2, 0) is 4.79 Å². The number of rotatable bonds is 6. The van der Waals surface area contributed by atoms with Crippen LogP contribution in [0.1, 0.15) is 5.56 Å². The number of furan rings is 1. The zero-order valence-electron chi connectivity index (χ0n) is 17.6. The van der Waals surface area contributed by atoms with Crippen molar-refractivity contribution < 1.29 is 13.6 Å². The first-order valence-corrected chi connectivity index (χ1v) is 11.6. The lowest BCUT2D eigenvalue weighted by atomic mass is 9.98. The van der Waals surface area contributed by atoms with Crippen LogP contribution in [-0.4, -0.2) is 16.6 Å². The van der Waals surface area contributed by atoms with Gasteiger partial charge in [-0.15, -0.1) is 0 Å². The van der Waals surface area contributed by atoms with E-state index < -0.39 is 0 Å². The fourth-order valence-electron chi connectivity index (χ4n) is 3.53. The number of hydrogen-bond donors (Lipinski definition) is 1. The van der Waals surface area contributed by atoms with E-state index in [9.17, 15) is 10.1 Å². The molecule has 0 radical (unpaired) electrons. The van der Waals surface area contributed by atoms with Gasteiger partial charge in [0, 0.05) is 16.1 Å². The van der Waals surface area contributed by atoms with Crippen molar-refractivity contribution >= 4 is 46.3 Å². The molecule has 1 N–H and O–H groups in total. The number of nitrogens with one attached hydrogen (secondary N) is 1. The molecule has 6 nitrogen and oxygen atoms in total. The van der Waals surface area contributed by atoms with Gasteiger partial charge in [0.2, 0.25) is 11.8 Å². The third-order valence-corrected chi connectivity index (χ3v) is 6.09. The van der Waals surface area contributed by atoms with Crippen molar-refractivity contribution in [3.05, 3.63) is 89.4 Å². The monoisotopic (exact) mass is 485 g/mol. The molecule has 2 aromatic heterocycles. The zero-order chi connectivity index (χ0) is 23.5. The topological polar surface area (TPSA) is 92.1 Å². The Morgan fingerprint density at radius 3 is 2.41 bits per heavy atom. The van der Waals surface area contributed by atoms with E-state index >= 15 is 0 Å². The van der Waals surface area contributed by atoms with Crippen molar-refractivity contribution in [1.82, 2.24) is 4.98 Å². The van der Waals surface area contributed by atoms with Gasteiger partial charge in [0.25, 0.3) is 5.22 Å². The molecule has 0 saturated carbocycles. The lowest BCUT2D eigenvalue weighted by Crippen LogP contribution is -2.14. The number of hydrogen-bond acceptors (Lipinski definition) is 6. The second-order valence-electron chi connectivity index (χ2n) is 7.28. The number of aromatic nitrogens is 1. The number of halogens is 1. The van der Waals surface area contributed by atoms with Gasteiger partial charge in [0.05, 0.1) is 5.75 Å². The van der Waals surface area contributed by atoms with Gasteiger partial charge in [0.1, 0.15) is 22.9 Å². The van der Waals surface area contributed by atoms with Crippen LogP contribution in [0.25, 0.3) is 33.6 Å². The van der Waals surface area contributed by atoms with E-state index in [1.807, 2.05) is 60.7 Å². The van der Waals surface area contributed by atoms with Crippen LogP contribution in [0.3, 0.4) is 0 Å². The first-order valence-electron chi connectivity index (χ1n) is 10.3. The van der Waals surface area contributed by atoms with Gasteiger partial charge >= 0.3 is 0 Å². The Kier molecular flexibility index (Phi) is 6.09. The number of benzene rings is 3. The highest BCUT2D eigenvalue weighted by Crippen LogP contribution is 2.41. The molecular weight excluding hydrogens is 470 g/mol. The van der Waals surface area contributed by atoms with Gasteiger partial charge < -0.3 is 8.83 Å². The minimum Gasteiger partial charge on any atom is -0.438 e. The van der Waals surface area contributed by atoms with Crippen molar-refractivity contribution in [3.63, 3.8) is 0 Å². The Balaban J connectivity index is 1.42. The zero-order valence-corrected chi connectivity index (χ0v) is 19.2. The van der Waals surface area contributed by atoms with Crippen molar-refractivity contribution in [2.45, 2.75) is 5.22 Å². The van der Waals surface area contributed by atoms with Crippen LogP contribution in [0.2, 0.25) is 5.02 Å². The molecule has 0 aliphatic carbocycles. The predicted molar refractivity (Wildman–Crippen MR) is 133 cm³/mol. The SMILES string of the molecule is N#Cc1c(NC(=O)CSc2nc3cc(Cl)ccc3o2)oc(-c2ccccc2)c1-c1ccccc1. The standard InChI is InChI=1S/C26H16ClN3O3S/c27-18-11-12-21-20(13-18)29-26(32-21)34-15-22(31)30-25-19(14-28)23(16-7-3-1-4-8-16)24(33-25)17-9-5-2-6-10-17/h1-13H,15H2,(H,30,31). The average molecular weight is 486 g/mol. The number of fused-ring (bicyclic) bond motifs is 1. The molecule has 0 aliphatic heterocycles. The normalized spacial score (nSPS) is 10.8.